The first-order valence-electron chi connectivity index (χ1n) is 4.13. The molecule has 0 saturated carbocycles. The van der Waals surface area contributed by atoms with Crippen LogP contribution in [0.1, 0.15) is 10.4 Å². The fourth-order valence-corrected chi connectivity index (χ4v) is 2.66. The number of nitrogens with zero attached hydrogens (tertiary/aromatic N) is 2. The lowest BCUT2D eigenvalue weighted by molar-refractivity contribution is 0.0602. The monoisotopic (exact) mass is 240 g/mol. The highest BCUT2D eigenvalue weighted by Crippen LogP contribution is 2.29. The van der Waals surface area contributed by atoms with Crippen molar-refractivity contribution < 1.29 is 9.53 Å². The number of rotatable bonds is 2. The Bertz CT molecular complexity index is 510. The van der Waals surface area contributed by atoms with Crippen molar-refractivity contribution >= 4 is 39.3 Å². The number of methoxy groups -OCH3 is 1. The van der Waals surface area contributed by atoms with Crippen LogP contribution in [0.5, 0.6) is 0 Å². The zero-order valence-corrected chi connectivity index (χ0v) is 9.82. The number of pyridine rings is 1. The summed E-state index contributed by atoms with van der Waals surface area (Å²) in [4.78, 5) is 19.8. The van der Waals surface area contributed by atoms with Gasteiger partial charge in [0.25, 0.3) is 0 Å². The van der Waals surface area contributed by atoms with E-state index in [1.807, 2.05) is 6.26 Å². The van der Waals surface area contributed by atoms with E-state index in [-0.39, 0.29) is 0 Å². The Morgan fingerprint density at radius 2 is 2.33 bits per heavy atom. The molecule has 0 aromatic carbocycles. The molecule has 15 heavy (non-hydrogen) atoms. The van der Waals surface area contributed by atoms with Gasteiger partial charge in [-0.05, 0) is 6.26 Å². The molecule has 0 radical (unpaired) electrons. The molecule has 0 aliphatic carbocycles. The summed E-state index contributed by atoms with van der Waals surface area (Å²) in [5, 5.41) is 0. The molecule has 0 amide bonds. The number of ether oxygens (including phenoxy) is 1. The number of hydrogen-bond acceptors (Lipinski definition) is 6. The molecule has 0 fully saturated rings. The average molecular weight is 240 g/mol. The molecular formula is C9H8N2O2S2. The first-order valence-corrected chi connectivity index (χ1v) is 6.17. The first kappa shape index (κ1) is 10.4. The SMILES string of the molecule is COC(=O)c1cncc2sc(SC)nc12. The molecule has 2 heterocycles. The Morgan fingerprint density at radius 1 is 1.53 bits per heavy atom. The Balaban J connectivity index is 2.64. The van der Waals surface area contributed by atoms with Crippen LogP contribution in [0.3, 0.4) is 0 Å². The highest BCUT2D eigenvalue weighted by atomic mass is 32.2. The summed E-state index contributed by atoms with van der Waals surface area (Å²) in [5.41, 5.74) is 1.10. The zero-order valence-electron chi connectivity index (χ0n) is 8.18. The van der Waals surface area contributed by atoms with Gasteiger partial charge < -0.3 is 4.74 Å². The van der Waals surface area contributed by atoms with Crippen molar-refractivity contribution in [2.75, 3.05) is 13.4 Å². The van der Waals surface area contributed by atoms with E-state index >= 15 is 0 Å². The topological polar surface area (TPSA) is 52.1 Å². The lowest BCUT2D eigenvalue weighted by Crippen LogP contribution is -2.02. The molecule has 0 saturated heterocycles. The number of esters is 1. The van der Waals surface area contributed by atoms with E-state index in [0.29, 0.717) is 11.1 Å². The molecule has 0 spiro atoms. The van der Waals surface area contributed by atoms with Crippen LogP contribution >= 0.6 is 23.1 Å². The summed E-state index contributed by atoms with van der Waals surface area (Å²) in [6, 6.07) is 0. The van der Waals surface area contributed by atoms with Crippen LogP contribution in [0, 0.1) is 0 Å². The van der Waals surface area contributed by atoms with Crippen LogP contribution in [0.2, 0.25) is 0 Å². The third-order valence-electron chi connectivity index (χ3n) is 1.86. The second-order valence-electron chi connectivity index (χ2n) is 2.71. The van der Waals surface area contributed by atoms with Crippen molar-refractivity contribution in [2.24, 2.45) is 0 Å². The standard InChI is InChI=1S/C9H8N2O2S2/c1-13-8(12)5-3-10-4-6-7(5)11-9(14-2)15-6/h3-4H,1-2H3. The van der Waals surface area contributed by atoms with Crippen LogP contribution in [-0.4, -0.2) is 29.3 Å². The molecule has 0 N–H and O–H groups in total. The number of fused-ring (bicyclic) bond motifs is 1. The van der Waals surface area contributed by atoms with Gasteiger partial charge in [-0.3, -0.25) is 4.98 Å². The molecule has 0 aliphatic rings. The minimum absolute atomic E-state index is 0.397. The average Bonchev–Trinajstić information content (AvgIpc) is 2.70. The number of carbonyl (C=O) groups is 1. The normalized spacial score (nSPS) is 10.5. The van der Waals surface area contributed by atoms with Gasteiger partial charge in [-0.2, -0.15) is 0 Å². The Hall–Kier alpha value is -1.14. The highest BCUT2D eigenvalue weighted by Gasteiger charge is 2.14. The largest absolute Gasteiger partial charge is 0.465 e. The zero-order chi connectivity index (χ0) is 10.8. The minimum atomic E-state index is -0.397. The third kappa shape index (κ3) is 1.82. The van der Waals surface area contributed by atoms with E-state index in [1.165, 1.54) is 24.6 Å². The third-order valence-corrected chi connectivity index (χ3v) is 3.84. The molecule has 0 unspecified atom stereocenters. The van der Waals surface area contributed by atoms with Crippen molar-refractivity contribution in [3.63, 3.8) is 0 Å². The van der Waals surface area contributed by atoms with Gasteiger partial charge in [0.05, 0.1) is 11.8 Å². The van der Waals surface area contributed by atoms with Crippen molar-refractivity contribution in [2.45, 2.75) is 4.34 Å². The first-order chi connectivity index (χ1) is 7.26. The van der Waals surface area contributed by atoms with Crippen LogP contribution in [0.4, 0.5) is 0 Å². The second kappa shape index (κ2) is 4.16. The fraction of sp³-hybridized carbons (Fsp3) is 0.222. The Morgan fingerprint density at radius 3 is 3.00 bits per heavy atom. The Kier molecular flexibility index (Phi) is 2.88. The maximum Gasteiger partial charge on any atom is 0.341 e. The van der Waals surface area contributed by atoms with E-state index in [4.69, 9.17) is 0 Å². The summed E-state index contributed by atoms with van der Waals surface area (Å²) in [7, 11) is 1.35. The number of thioether (sulfide) groups is 1. The second-order valence-corrected chi connectivity index (χ2v) is 4.79. The summed E-state index contributed by atoms with van der Waals surface area (Å²) >= 11 is 3.07. The van der Waals surface area contributed by atoms with Gasteiger partial charge in [-0.25, -0.2) is 9.78 Å². The lowest BCUT2D eigenvalue weighted by Gasteiger charge is -1.97. The lowest BCUT2D eigenvalue weighted by atomic mass is 10.2. The number of thiazole rings is 1. The van der Waals surface area contributed by atoms with Crippen LogP contribution < -0.4 is 0 Å². The van der Waals surface area contributed by atoms with Gasteiger partial charge in [0.1, 0.15) is 11.1 Å². The van der Waals surface area contributed by atoms with Crippen LogP contribution in [-0.2, 0) is 4.74 Å². The van der Waals surface area contributed by atoms with Crippen molar-refractivity contribution in [1.82, 2.24) is 9.97 Å². The van der Waals surface area contributed by atoms with E-state index in [0.717, 1.165) is 9.04 Å². The van der Waals surface area contributed by atoms with Gasteiger partial charge in [-0.15, -0.1) is 11.3 Å². The maximum absolute atomic E-state index is 11.4. The van der Waals surface area contributed by atoms with Gasteiger partial charge in [-0.1, -0.05) is 11.8 Å². The summed E-state index contributed by atoms with van der Waals surface area (Å²) < 4.78 is 6.49. The summed E-state index contributed by atoms with van der Waals surface area (Å²) in [5.74, 6) is -0.397. The van der Waals surface area contributed by atoms with Gasteiger partial charge in [0.15, 0.2) is 4.34 Å². The predicted molar refractivity (Wildman–Crippen MR) is 60.5 cm³/mol. The van der Waals surface area contributed by atoms with Gasteiger partial charge in [0, 0.05) is 12.4 Å². The molecule has 2 aromatic heterocycles. The van der Waals surface area contributed by atoms with Crippen LogP contribution in [0.25, 0.3) is 10.2 Å². The van der Waals surface area contributed by atoms with Crippen LogP contribution in [0.15, 0.2) is 16.7 Å². The van der Waals surface area contributed by atoms with E-state index in [2.05, 4.69) is 14.7 Å². The number of aromatic nitrogens is 2. The minimum Gasteiger partial charge on any atom is -0.465 e. The predicted octanol–water partition coefficient (Wildman–Crippen LogP) is 2.20. The molecule has 6 heteroatoms. The fourth-order valence-electron chi connectivity index (χ4n) is 1.18. The molecule has 0 aliphatic heterocycles. The Labute approximate surface area is 94.7 Å². The molecule has 4 nitrogen and oxygen atoms in total. The van der Waals surface area contributed by atoms with Crippen molar-refractivity contribution in [1.29, 1.82) is 0 Å². The van der Waals surface area contributed by atoms with E-state index < -0.39 is 5.97 Å². The quantitative estimate of drug-likeness (QED) is 0.595. The summed E-state index contributed by atoms with van der Waals surface area (Å²) in [6.07, 6.45) is 5.14. The molecule has 0 atom stereocenters. The van der Waals surface area contributed by atoms with Gasteiger partial charge >= 0.3 is 5.97 Å². The van der Waals surface area contributed by atoms with E-state index in [9.17, 15) is 4.79 Å². The van der Waals surface area contributed by atoms with E-state index in [1.54, 1.807) is 18.0 Å². The highest BCUT2D eigenvalue weighted by molar-refractivity contribution is 8.00. The number of hydrogen-bond donors (Lipinski definition) is 0. The van der Waals surface area contributed by atoms with Gasteiger partial charge in [0.2, 0.25) is 0 Å². The molecule has 2 aromatic rings. The number of carbonyl (C=O) groups excluding carboxylic acids is 1. The molecule has 78 valence electrons. The molecule has 0 bridgehead atoms. The molecular weight excluding hydrogens is 232 g/mol. The summed E-state index contributed by atoms with van der Waals surface area (Å²) in [6.45, 7) is 0. The van der Waals surface area contributed by atoms with Crippen molar-refractivity contribution in [3.8, 4) is 0 Å². The maximum atomic E-state index is 11.4. The smallest absolute Gasteiger partial charge is 0.341 e. The molecule has 2 rings (SSSR count). The van der Waals surface area contributed by atoms with Crippen molar-refractivity contribution in [3.05, 3.63) is 18.0 Å².